The Hall–Kier alpha value is -1.26. The molecule has 0 radical (unpaired) electrons. The normalized spacial score (nSPS) is 32.4. The van der Waals surface area contributed by atoms with Crippen LogP contribution in [0.1, 0.15) is 6.42 Å². The van der Waals surface area contributed by atoms with Crippen LogP contribution in [0.3, 0.4) is 0 Å². The SMILES string of the molecule is O=C(COC(=O)CN1C(=O)[C@@H]2[C@H]3C[C@@H]([C@H](Br)[C@H]3Br)[C@@H]2C1=O)Nc1ccc(Br)cc1. The minimum atomic E-state index is -0.782. The van der Waals surface area contributed by atoms with Gasteiger partial charge >= 0.3 is 5.97 Å². The summed E-state index contributed by atoms with van der Waals surface area (Å²) >= 11 is 10.5. The number of hydrogen-bond acceptors (Lipinski definition) is 5. The zero-order valence-electron chi connectivity index (χ0n) is 15.0. The molecule has 3 aliphatic rings. The number of esters is 1. The molecule has 1 heterocycles. The number of carbonyl (C=O) groups is 4. The van der Waals surface area contributed by atoms with Crippen molar-refractivity contribution in [3.8, 4) is 0 Å². The number of carbonyl (C=O) groups excluding carboxylic acids is 4. The highest BCUT2D eigenvalue weighted by Gasteiger charge is 2.66. The molecule has 3 amide bonds. The Balaban J connectivity index is 1.31. The van der Waals surface area contributed by atoms with Gasteiger partial charge in [-0.05, 0) is 42.5 Å². The van der Waals surface area contributed by atoms with Crippen LogP contribution < -0.4 is 5.32 Å². The van der Waals surface area contributed by atoms with Gasteiger partial charge in [-0.25, -0.2) is 0 Å². The van der Waals surface area contributed by atoms with Gasteiger partial charge in [0.15, 0.2) is 6.61 Å². The highest BCUT2D eigenvalue weighted by molar-refractivity contribution is 9.12. The molecule has 29 heavy (non-hydrogen) atoms. The van der Waals surface area contributed by atoms with E-state index in [1.807, 2.05) is 0 Å². The monoisotopic (exact) mass is 590 g/mol. The van der Waals surface area contributed by atoms with E-state index < -0.39 is 25.0 Å². The molecular formula is C19H17Br3N2O5. The molecule has 1 N–H and O–H groups in total. The maximum Gasteiger partial charge on any atom is 0.326 e. The van der Waals surface area contributed by atoms with Gasteiger partial charge in [-0.15, -0.1) is 0 Å². The van der Waals surface area contributed by atoms with E-state index in [9.17, 15) is 19.2 Å². The highest BCUT2D eigenvalue weighted by atomic mass is 79.9. The second-order valence-corrected chi connectivity index (χ2v) is 10.5. The molecule has 1 aromatic carbocycles. The van der Waals surface area contributed by atoms with Crippen LogP contribution in [0, 0.1) is 23.7 Å². The summed E-state index contributed by atoms with van der Waals surface area (Å²) in [6.45, 7) is -0.953. The van der Waals surface area contributed by atoms with Crippen LogP contribution in [0.4, 0.5) is 5.69 Å². The third kappa shape index (κ3) is 3.79. The maximum absolute atomic E-state index is 12.8. The fourth-order valence-electron chi connectivity index (χ4n) is 4.62. The van der Waals surface area contributed by atoms with Gasteiger partial charge in [0.2, 0.25) is 11.8 Å². The first-order valence-corrected chi connectivity index (χ1v) is 11.7. The van der Waals surface area contributed by atoms with Gasteiger partial charge in [0, 0.05) is 19.8 Å². The zero-order chi connectivity index (χ0) is 20.9. The maximum atomic E-state index is 12.8. The Morgan fingerprint density at radius 3 is 2.14 bits per heavy atom. The minimum Gasteiger partial charge on any atom is -0.454 e. The van der Waals surface area contributed by atoms with Crippen molar-refractivity contribution in [2.24, 2.45) is 23.7 Å². The molecule has 1 aliphatic heterocycles. The molecule has 1 saturated heterocycles. The van der Waals surface area contributed by atoms with Crippen LogP contribution in [0.2, 0.25) is 0 Å². The summed E-state index contributed by atoms with van der Waals surface area (Å²) in [5, 5.41) is 2.60. The number of nitrogens with zero attached hydrogens (tertiary/aromatic N) is 1. The lowest BCUT2D eigenvalue weighted by molar-refractivity contribution is -0.154. The first-order valence-electron chi connectivity index (χ1n) is 9.12. The van der Waals surface area contributed by atoms with Crippen LogP contribution >= 0.6 is 47.8 Å². The number of fused-ring (bicyclic) bond motifs is 5. The standard InChI is InChI=1S/C19H17Br3N2O5/c20-8-1-3-9(4-2-8)23-12(25)7-29-13(26)6-24-18(27)14-10-5-11(15(14)19(24)28)17(22)16(10)21/h1-4,10-11,14-17H,5-7H2,(H,23,25)/t10-,11-,14-,15+,16+,17+/m1/s1. The number of alkyl halides is 2. The largest absolute Gasteiger partial charge is 0.454 e. The molecule has 6 atom stereocenters. The van der Waals surface area contributed by atoms with Crippen molar-refractivity contribution in [3.63, 3.8) is 0 Å². The summed E-state index contributed by atoms with van der Waals surface area (Å²) in [6, 6.07) is 6.94. The molecule has 0 unspecified atom stereocenters. The Morgan fingerprint density at radius 2 is 1.59 bits per heavy atom. The van der Waals surface area contributed by atoms with Gasteiger partial charge in [0.1, 0.15) is 6.54 Å². The van der Waals surface area contributed by atoms with Gasteiger partial charge in [0.05, 0.1) is 11.8 Å². The minimum absolute atomic E-state index is 0.0866. The topological polar surface area (TPSA) is 92.8 Å². The molecule has 0 aromatic heterocycles. The summed E-state index contributed by atoms with van der Waals surface area (Å²) in [4.78, 5) is 50.9. The summed E-state index contributed by atoms with van der Waals surface area (Å²) in [5.41, 5.74) is 0.566. The van der Waals surface area contributed by atoms with E-state index in [0.717, 1.165) is 15.8 Å². The van der Waals surface area contributed by atoms with Crippen LogP contribution in [0.5, 0.6) is 0 Å². The molecule has 1 aromatic rings. The Labute approximate surface area is 192 Å². The lowest BCUT2D eigenvalue weighted by Gasteiger charge is -2.28. The summed E-state index contributed by atoms with van der Waals surface area (Å²) in [5.74, 6) is -2.49. The van der Waals surface area contributed by atoms with Gasteiger partial charge in [0.25, 0.3) is 5.91 Å². The van der Waals surface area contributed by atoms with Crippen LogP contribution in [0.15, 0.2) is 28.7 Å². The molecule has 4 rings (SSSR count). The summed E-state index contributed by atoms with van der Waals surface area (Å²) in [7, 11) is 0. The predicted molar refractivity (Wildman–Crippen MR) is 114 cm³/mol. The first-order chi connectivity index (χ1) is 13.8. The number of imide groups is 1. The molecular weight excluding hydrogens is 576 g/mol. The molecule has 2 aliphatic carbocycles. The second-order valence-electron chi connectivity index (χ2n) is 7.48. The third-order valence-electron chi connectivity index (χ3n) is 5.86. The van der Waals surface area contributed by atoms with Crippen molar-refractivity contribution >= 4 is 77.2 Å². The number of anilines is 1. The van der Waals surface area contributed by atoms with Gasteiger partial charge in [-0.1, -0.05) is 47.8 Å². The Kier molecular flexibility index (Phi) is 5.87. The number of nitrogens with one attached hydrogen (secondary N) is 1. The lowest BCUT2D eigenvalue weighted by Crippen LogP contribution is -2.38. The Morgan fingerprint density at radius 1 is 1.03 bits per heavy atom. The van der Waals surface area contributed by atoms with Crippen molar-refractivity contribution in [1.82, 2.24) is 4.90 Å². The van der Waals surface area contributed by atoms with Crippen LogP contribution in [-0.4, -0.2) is 51.4 Å². The number of ether oxygens (including phenoxy) is 1. The van der Waals surface area contributed by atoms with E-state index in [1.54, 1.807) is 24.3 Å². The molecule has 154 valence electrons. The van der Waals surface area contributed by atoms with Gasteiger partial charge < -0.3 is 10.1 Å². The lowest BCUT2D eigenvalue weighted by atomic mass is 9.81. The van der Waals surface area contributed by atoms with E-state index in [1.165, 1.54) is 0 Å². The van der Waals surface area contributed by atoms with E-state index in [-0.39, 0.29) is 45.1 Å². The molecule has 7 nitrogen and oxygen atoms in total. The number of amides is 3. The van der Waals surface area contributed by atoms with Crippen molar-refractivity contribution in [2.45, 2.75) is 16.1 Å². The van der Waals surface area contributed by atoms with E-state index >= 15 is 0 Å². The first kappa shape index (κ1) is 21.0. The summed E-state index contributed by atoms with van der Waals surface area (Å²) < 4.78 is 5.84. The quantitative estimate of drug-likeness (QED) is 0.323. The molecule has 0 spiro atoms. The average molecular weight is 593 g/mol. The van der Waals surface area contributed by atoms with Crippen molar-refractivity contribution in [1.29, 1.82) is 0 Å². The molecule has 3 fully saturated rings. The average Bonchev–Trinajstić information content (AvgIpc) is 3.29. The van der Waals surface area contributed by atoms with Gasteiger partial charge in [-0.2, -0.15) is 0 Å². The Bertz CT molecular complexity index is 845. The molecule has 10 heteroatoms. The van der Waals surface area contributed by atoms with Crippen molar-refractivity contribution in [2.75, 3.05) is 18.5 Å². The van der Waals surface area contributed by atoms with Crippen LogP contribution in [0.25, 0.3) is 0 Å². The van der Waals surface area contributed by atoms with E-state index in [4.69, 9.17) is 4.74 Å². The van der Waals surface area contributed by atoms with E-state index in [0.29, 0.717) is 5.69 Å². The zero-order valence-corrected chi connectivity index (χ0v) is 19.8. The van der Waals surface area contributed by atoms with E-state index in [2.05, 4.69) is 53.1 Å². The molecule has 2 bridgehead atoms. The smallest absolute Gasteiger partial charge is 0.326 e. The fraction of sp³-hybridized carbons (Fsp3) is 0.474. The number of rotatable bonds is 5. The fourth-order valence-corrected chi connectivity index (χ4v) is 6.76. The number of likely N-dealkylation sites (tertiary alicyclic amines) is 1. The third-order valence-corrected chi connectivity index (χ3v) is 9.59. The highest BCUT2D eigenvalue weighted by Crippen LogP contribution is 2.60. The number of hydrogen-bond donors (Lipinski definition) is 1. The number of benzene rings is 1. The summed E-state index contributed by atoms with van der Waals surface area (Å²) in [6.07, 6.45) is 0.827. The predicted octanol–water partition coefficient (Wildman–Crippen LogP) is 2.71. The van der Waals surface area contributed by atoms with Crippen molar-refractivity contribution < 1.29 is 23.9 Å². The van der Waals surface area contributed by atoms with Gasteiger partial charge in [-0.3, -0.25) is 24.1 Å². The number of halogens is 3. The van der Waals surface area contributed by atoms with Crippen LogP contribution in [-0.2, 0) is 23.9 Å². The molecule has 2 saturated carbocycles. The van der Waals surface area contributed by atoms with Crippen molar-refractivity contribution in [3.05, 3.63) is 28.7 Å². The second kappa shape index (κ2) is 8.11.